The smallest absolute Gasteiger partial charge is 0.240 e. The minimum Gasteiger partial charge on any atom is -0.377 e. The Labute approximate surface area is 121 Å². The van der Waals surface area contributed by atoms with Crippen molar-refractivity contribution in [1.29, 1.82) is 0 Å². The Bertz CT molecular complexity index is 531. The van der Waals surface area contributed by atoms with E-state index in [1.165, 1.54) is 25.3 Å². The molecule has 0 saturated heterocycles. The van der Waals surface area contributed by atoms with E-state index in [-0.39, 0.29) is 11.4 Å². The summed E-state index contributed by atoms with van der Waals surface area (Å²) in [5, 5.41) is 0.464. The molecule has 18 heavy (non-hydrogen) atoms. The lowest BCUT2D eigenvalue weighted by atomic mass is 10.1. The topological polar surface area (TPSA) is 55.4 Å². The summed E-state index contributed by atoms with van der Waals surface area (Å²) in [5.74, 6) is 0. The highest BCUT2D eigenvalue weighted by atomic mass is 79.9. The van der Waals surface area contributed by atoms with E-state index in [2.05, 4.69) is 20.7 Å². The van der Waals surface area contributed by atoms with Crippen molar-refractivity contribution in [3.05, 3.63) is 27.7 Å². The van der Waals surface area contributed by atoms with E-state index in [4.69, 9.17) is 16.3 Å². The molecule has 0 aliphatic rings. The number of sulfonamides is 1. The fourth-order valence-corrected chi connectivity index (χ4v) is 2.94. The first-order valence-corrected chi connectivity index (χ1v) is 7.83. The Balaban J connectivity index is 2.90. The van der Waals surface area contributed by atoms with Crippen LogP contribution in [0.25, 0.3) is 0 Å². The van der Waals surface area contributed by atoms with E-state index in [1.807, 2.05) is 0 Å². The molecule has 0 aliphatic heterocycles. The van der Waals surface area contributed by atoms with Crippen LogP contribution in [0.1, 0.15) is 13.8 Å². The van der Waals surface area contributed by atoms with Crippen molar-refractivity contribution in [3.63, 3.8) is 0 Å². The van der Waals surface area contributed by atoms with E-state index in [1.54, 1.807) is 13.8 Å². The number of methoxy groups -OCH3 is 1. The zero-order valence-electron chi connectivity index (χ0n) is 10.3. The molecule has 0 aromatic heterocycles. The Hall–Kier alpha value is -0.140. The summed E-state index contributed by atoms with van der Waals surface area (Å²) in [5.41, 5.74) is -0.559. The van der Waals surface area contributed by atoms with Gasteiger partial charge in [-0.3, -0.25) is 0 Å². The summed E-state index contributed by atoms with van der Waals surface area (Å²) in [6.07, 6.45) is 0. The zero-order valence-corrected chi connectivity index (χ0v) is 13.5. The van der Waals surface area contributed by atoms with Crippen molar-refractivity contribution in [2.24, 2.45) is 0 Å². The average Bonchev–Trinajstić information content (AvgIpc) is 2.30. The molecule has 0 aliphatic carbocycles. The Morgan fingerprint density at radius 3 is 2.56 bits per heavy atom. The summed E-state index contributed by atoms with van der Waals surface area (Å²) < 4.78 is 32.2. The largest absolute Gasteiger partial charge is 0.377 e. The molecule has 7 heteroatoms. The molecular weight excluding hydrogens is 342 g/mol. The van der Waals surface area contributed by atoms with Crippen LogP contribution < -0.4 is 4.72 Å². The first kappa shape index (κ1) is 15.9. The summed E-state index contributed by atoms with van der Waals surface area (Å²) in [7, 11) is -2.03. The third-order valence-corrected chi connectivity index (χ3v) is 5.05. The lowest BCUT2D eigenvalue weighted by Crippen LogP contribution is -2.39. The molecule has 1 rings (SSSR count). The summed E-state index contributed by atoms with van der Waals surface area (Å²) >= 11 is 9.01. The molecule has 0 fully saturated rings. The minimum atomic E-state index is -3.56. The molecular formula is C11H15BrClNO3S. The van der Waals surface area contributed by atoms with Crippen molar-refractivity contribution in [2.45, 2.75) is 24.3 Å². The van der Waals surface area contributed by atoms with Gasteiger partial charge in [-0.1, -0.05) is 11.6 Å². The lowest BCUT2D eigenvalue weighted by molar-refractivity contribution is 0.0276. The molecule has 4 nitrogen and oxygen atoms in total. The highest BCUT2D eigenvalue weighted by Gasteiger charge is 2.22. The van der Waals surface area contributed by atoms with E-state index in [0.29, 0.717) is 9.50 Å². The normalized spacial score (nSPS) is 12.7. The summed E-state index contributed by atoms with van der Waals surface area (Å²) in [6.45, 7) is 3.78. The van der Waals surface area contributed by atoms with Crippen LogP contribution in [0.2, 0.25) is 5.02 Å². The second-order valence-electron chi connectivity index (χ2n) is 4.36. The van der Waals surface area contributed by atoms with Gasteiger partial charge < -0.3 is 4.74 Å². The molecule has 1 N–H and O–H groups in total. The first-order chi connectivity index (χ1) is 8.18. The van der Waals surface area contributed by atoms with Crippen LogP contribution in [0.3, 0.4) is 0 Å². The first-order valence-electron chi connectivity index (χ1n) is 5.18. The molecule has 0 bridgehead atoms. The standard InChI is InChI=1S/C11H15BrClNO3S/c1-11(2,17-3)7-14-18(15,16)8-4-5-10(13)9(12)6-8/h4-6,14H,7H2,1-3H3. The van der Waals surface area contributed by atoms with E-state index < -0.39 is 15.6 Å². The Morgan fingerprint density at radius 1 is 1.44 bits per heavy atom. The number of hydrogen-bond donors (Lipinski definition) is 1. The third kappa shape index (κ3) is 4.20. The van der Waals surface area contributed by atoms with Crippen LogP contribution in [-0.2, 0) is 14.8 Å². The maximum Gasteiger partial charge on any atom is 0.240 e. The average molecular weight is 357 g/mol. The SMILES string of the molecule is COC(C)(C)CNS(=O)(=O)c1ccc(Cl)c(Br)c1. The molecule has 0 radical (unpaired) electrons. The predicted octanol–water partition coefficient (Wildman–Crippen LogP) is 2.81. The second kappa shape index (κ2) is 5.88. The zero-order chi connectivity index (χ0) is 14.0. The fraction of sp³-hybridized carbons (Fsp3) is 0.455. The molecule has 102 valence electrons. The van der Waals surface area contributed by atoms with Crippen LogP contribution in [0.5, 0.6) is 0 Å². The van der Waals surface area contributed by atoms with Crippen molar-refractivity contribution < 1.29 is 13.2 Å². The Morgan fingerprint density at radius 2 is 2.06 bits per heavy atom. The summed E-state index contributed by atoms with van der Waals surface area (Å²) in [6, 6.07) is 4.45. The number of hydrogen-bond acceptors (Lipinski definition) is 3. The fourth-order valence-electron chi connectivity index (χ4n) is 1.07. The second-order valence-corrected chi connectivity index (χ2v) is 7.39. The van der Waals surface area contributed by atoms with Crippen LogP contribution in [-0.4, -0.2) is 27.7 Å². The van der Waals surface area contributed by atoms with Gasteiger partial charge in [0.05, 0.1) is 15.5 Å². The van der Waals surface area contributed by atoms with Crippen molar-refractivity contribution in [1.82, 2.24) is 4.72 Å². The van der Waals surface area contributed by atoms with Crippen LogP contribution in [0.4, 0.5) is 0 Å². The van der Waals surface area contributed by atoms with Gasteiger partial charge in [-0.15, -0.1) is 0 Å². The summed E-state index contributed by atoms with van der Waals surface area (Å²) in [4.78, 5) is 0.158. The monoisotopic (exact) mass is 355 g/mol. The van der Waals surface area contributed by atoms with Crippen molar-refractivity contribution in [3.8, 4) is 0 Å². The molecule has 1 aromatic carbocycles. The molecule has 0 amide bonds. The molecule has 1 aromatic rings. The number of rotatable bonds is 5. The molecule has 0 heterocycles. The number of halogens is 2. The number of nitrogens with one attached hydrogen (secondary N) is 1. The van der Waals surface area contributed by atoms with Crippen LogP contribution >= 0.6 is 27.5 Å². The molecule has 0 atom stereocenters. The van der Waals surface area contributed by atoms with Crippen LogP contribution in [0, 0.1) is 0 Å². The highest BCUT2D eigenvalue weighted by Crippen LogP contribution is 2.25. The van der Waals surface area contributed by atoms with E-state index in [9.17, 15) is 8.42 Å². The van der Waals surface area contributed by atoms with Gasteiger partial charge in [0.1, 0.15) is 0 Å². The van der Waals surface area contributed by atoms with Gasteiger partial charge in [0.15, 0.2) is 0 Å². The van der Waals surface area contributed by atoms with Gasteiger partial charge in [0.2, 0.25) is 10.0 Å². The quantitative estimate of drug-likeness (QED) is 0.882. The van der Waals surface area contributed by atoms with E-state index in [0.717, 1.165) is 0 Å². The maximum atomic E-state index is 12.0. The number of ether oxygens (including phenoxy) is 1. The maximum absolute atomic E-state index is 12.0. The van der Waals surface area contributed by atoms with Gasteiger partial charge in [-0.2, -0.15) is 0 Å². The molecule has 0 unspecified atom stereocenters. The predicted molar refractivity (Wildman–Crippen MR) is 75.4 cm³/mol. The lowest BCUT2D eigenvalue weighted by Gasteiger charge is -2.23. The highest BCUT2D eigenvalue weighted by molar-refractivity contribution is 9.10. The molecule has 0 spiro atoms. The number of benzene rings is 1. The van der Waals surface area contributed by atoms with Gasteiger partial charge in [0, 0.05) is 18.1 Å². The Kier molecular flexibility index (Phi) is 5.20. The van der Waals surface area contributed by atoms with Crippen molar-refractivity contribution in [2.75, 3.05) is 13.7 Å². The van der Waals surface area contributed by atoms with Gasteiger partial charge in [0.25, 0.3) is 0 Å². The molecule has 0 saturated carbocycles. The third-order valence-electron chi connectivity index (χ3n) is 2.44. The van der Waals surface area contributed by atoms with Gasteiger partial charge in [-0.05, 0) is 48.0 Å². The van der Waals surface area contributed by atoms with Crippen LogP contribution in [0.15, 0.2) is 27.6 Å². The van der Waals surface area contributed by atoms with E-state index >= 15 is 0 Å². The van der Waals surface area contributed by atoms with Gasteiger partial charge in [-0.25, -0.2) is 13.1 Å². The minimum absolute atomic E-state index is 0.158. The van der Waals surface area contributed by atoms with Gasteiger partial charge >= 0.3 is 0 Å². The van der Waals surface area contributed by atoms with Crippen molar-refractivity contribution >= 4 is 37.6 Å².